The highest BCUT2D eigenvalue weighted by Gasteiger charge is 2.12. The molecule has 2 N–H and O–H groups in total. The molecule has 0 atom stereocenters. The van der Waals surface area contributed by atoms with Gasteiger partial charge in [-0.2, -0.15) is 5.26 Å². The third kappa shape index (κ3) is 4.26. The van der Waals surface area contributed by atoms with E-state index in [4.69, 9.17) is 16.9 Å². The number of carbonyl (C=O) groups excluding carboxylic acids is 1. The molecule has 0 radical (unpaired) electrons. The van der Waals surface area contributed by atoms with Gasteiger partial charge in [-0.3, -0.25) is 14.9 Å². The standard InChI is InChI=1S/C12H11ClN4O3/c13-5-6-15-12(18)9(7-14)8-16-10-3-1-2-4-11(10)17(19)20/h1-4,8,16H,5-6H2,(H,15,18)/b9-8-. The van der Waals surface area contributed by atoms with Crippen molar-refractivity contribution in [2.45, 2.75) is 0 Å². The summed E-state index contributed by atoms with van der Waals surface area (Å²) in [6, 6.07) is 7.61. The molecule has 0 saturated carbocycles. The van der Waals surface area contributed by atoms with E-state index in [0.29, 0.717) is 0 Å². The Hall–Kier alpha value is -2.59. The lowest BCUT2D eigenvalue weighted by Gasteiger charge is -2.04. The quantitative estimate of drug-likeness (QED) is 0.273. The van der Waals surface area contributed by atoms with Gasteiger partial charge in [0.2, 0.25) is 0 Å². The number of carbonyl (C=O) groups is 1. The first-order chi connectivity index (χ1) is 9.60. The Kier molecular flexibility index (Phi) is 6.00. The average molecular weight is 295 g/mol. The van der Waals surface area contributed by atoms with Crippen LogP contribution in [0.25, 0.3) is 0 Å². The zero-order chi connectivity index (χ0) is 15.0. The first kappa shape index (κ1) is 15.5. The Labute approximate surface area is 120 Å². The number of nitrogens with zero attached hydrogens (tertiary/aromatic N) is 2. The van der Waals surface area contributed by atoms with Gasteiger partial charge in [-0.25, -0.2) is 0 Å². The fourth-order valence-electron chi connectivity index (χ4n) is 1.31. The number of rotatable bonds is 6. The topological polar surface area (TPSA) is 108 Å². The normalized spacial score (nSPS) is 10.5. The van der Waals surface area contributed by atoms with E-state index in [0.717, 1.165) is 6.20 Å². The molecule has 20 heavy (non-hydrogen) atoms. The van der Waals surface area contributed by atoms with Gasteiger partial charge >= 0.3 is 0 Å². The summed E-state index contributed by atoms with van der Waals surface area (Å²) in [6.07, 6.45) is 1.12. The van der Waals surface area contributed by atoms with Crippen molar-refractivity contribution < 1.29 is 9.72 Å². The summed E-state index contributed by atoms with van der Waals surface area (Å²) in [5.74, 6) is -0.374. The lowest BCUT2D eigenvalue weighted by Crippen LogP contribution is -2.26. The van der Waals surface area contributed by atoms with Crippen LogP contribution in [0.4, 0.5) is 11.4 Å². The largest absolute Gasteiger partial charge is 0.355 e. The van der Waals surface area contributed by atoms with Gasteiger partial charge in [0.05, 0.1) is 4.92 Å². The third-order valence-electron chi connectivity index (χ3n) is 2.22. The van der Waals surface area contributed by atoms with Gasteiger partial charge in [-0.1, -0.05) is 12.1 Å². The molecule has 1 amide bonds. The number of para-hydroxylation sites is 2. The van der Waals surface area contributed by atoms with E-state index < -0.39 is 10.8 Å². The molecule has 0 spiro atoms. The van der Waals surface area contributed by atoms with Crippen molar-refractivity contribution >= 4 is 28.9 Å². The van der Waals surface area contributed by atoms with Crippen LogP contribution in [0.5, 0.6) is 0 Å². The lowest BCUT2D eigenvalue weighted by molar-refractivity contribution is -0.383. The molecule has 0 unspecified atom stereocenters. The van der Waals surface area contributed by atoms with Gasteiger partial charge in [0.1, 0.15) is 17.3 Å². The molecule has 1 rings (SSSR count). The zero-order valence-corrected chi connectivity index (χ0v) is 11.1. The van der Waals surface area contributed by atoms with Crippen molar-refractivity contribution in [2.24, 2.45) is 0 Å². The van der Waals surface area contributed by atoms with Gasteiger partial charge in [0.15, 0.2) is 0 Å². The minimum Gasteiger partial charge on any atom is -0.355 e. The highest BCUT2D eigenvalue weighted by atomic mass is 35.5. The first-order valence-electron chi connectivity index (χ1n) is 5.54. The molecule has 7 nitrogen and oxygen atoms in total. The summed E-state index contributed by atoms with van der Waals surface area (Å²) in [6.45, 7) is 0.227. The van der Waals surface area contributed by atoms with Gasteiger partial charge in [-0.15, -0.1) is 11.6 Å². The molecule has 0 aromatic heterocycles. The third-order valence-corrected chi connectivity index (χ3v) is 2.41. The molecule has 1 aromatic rings. The number of anilines is 1. The number of nitro benzene ring substituents is 1. The molecular weight excluding hydrogens is 284 g/mol. The van der Waals surface area contributed by atoms with Crippen LogP contribution in [0.2, 0.25) is 0 Å². The van der Waals surface area contributed by atoms with Crippen LogP contribution in [0.1, 0.15) is 0 Å². The predicted molar refractivity (Wildman–Crippen MR) is 74.1 cm³/mol. The maximum absolute atomic E-state index is 11.5. The van der Waals surface area contributed by atoms with Crippen LogP contribution in [0.15, 0.2) is 36.0 Å². The highest BCUT2D eigenvalue weighted by Crippen LogP contribution is 2.23. The minimum absolute atomic E-state index is 0.151. The number of benzene rings is 1. The van der Waals surface area contributed by atoms with Crippen LogP contribution < -0.4 is 10.6 Å². The van der Waals surface area contributed by atoms with E-state index in [1.807, 2.05) is 0 Å². The molecule has 0 aliphatic rings. The molecule has 0 aliphatic heterocycles. The van der Waals surface area contributed by atoms with Crippen molar-refractivity contribution in [3.8, 4) is 6.07 Å². The fourth-order valence-corrected chi connectivity index (χ4v) is 1.40. The van der Waals surface area contributed by atoms with Crippen LogP contribution in [-0.2, 0) is 4.79 Å². The molecule has 8 heteroatoms. The van der Waals surface area contributed by atoms with Crippen LogP contribution in [0, 0.1) is 21.4 Å². The summed E-state index contributed by atoms with van der Waals surface area (Å²) in [5, 5.41) is 24.7. The molecule has 0 heterocycles. The maximum atomic E-state index is 11.5. The number of amides is 1. The Morgan fingerprint density at radius 1 is 1.50 bits per heavy atom. The number of nitro groups is 1. The van der Waals surface area contributed by atoms with Gasteiger partial charge in [-0.05, 0) is 6.07 Å². The molecule has 0 saturated heterocycles. The maximum Gasteiger partial charge on any atom is 0.292 e. The molecular formula is C12H11ClN4O3. The van der Waals surface area contributed by atoms with Crippen molar-refractivity contribution in [1.82, 2.24) is 5.32 Å². The van der Waals surface area contributed by atoms with Crippen LogP contribution in [0.3, 0.4) is 0 Å². The Balaban J connectivity index is 2.87. The second kappa shape index (κ2) is 7.76. The number of alkyl halides is 1. The molecule has 1 aromatic carbocycles. The van der Waals surface area contributed by atoms with Crippen molar-refractivity contribution in [3.63, 3.8) is 0 Å². The first-order valence-corrected chi connectivity index (χ1v) is 6.08. The molecule has 0 bridgehead atoms. The summed E-state index contributed by atoms with van der Waals surface area (Å²) < 4.78 is 0. The molecule has 0 fully saturated rings. The van der Waals surface area contributed by atoms with Crippen LogP contribution >= 0.6 is 11.6 Å². The van der Waals surface area contributed by atoms with Crippen molar-refractivity contribution in [3.05, 3.63) is 46.2 Å². The minimum atomic E-state index is -0.598. The van der Waals surface area contributed by atoms with Gasteiger partial charge < -0.3 is 10.6 Å². The van der Waals surface area contributed by atoms with E-state index in [2.05, 4.69) is 10.6 Å². The smallest absolute Gasteiger partial charge is 0.292 e. The summed E-state index contributed by atoms with van der Waals surface area (Å²) in [4.78, 5) is 21.8. The summed E-state index contributed by atoms with van der Waals surface area (Å²) in [7, 11) is 0. The van der Waals surface area contributed by atoms with Gasteiger partial charge in [0, 0.05) is 24.7 Å². The fraction of sp³-hybridized carbons (Fsp3) is 0.167. The molecule has 0 aliphatic carbocycles. The lowest BCUT2D eigenvalue weighted by atomic mass is 10.2. The highest BCUT2D eigenvalue weighted by molar-refractivity contribution is 6.18. The Morgan fingerprint density at radius 2 is 2.20 bits per heavy atom. The van der Waals surface area contributed by atoms with E-state index >= 15 is 0 Å². The zero-order valence-electron chi connectivity index (χ0n) is 10.3. The number of hydrogen-bond donors (Lipinski definition) is 2. The summed E-state index contributed by atoms with van der Waals surface area (Å²) >= 11 is 5.41. The number of halogens is 1. The van der Waals surface area contributed by atoms with Crippen LogP contribution in [-0.4, -0.2) is 23.3 Å². The van der Waals surface area contributed by atoms with Gasteiger partial charge in [0.25, 0.3) is 11.6 Å². The monoisotopic (exact) mass is 294 g/mol. The predicted octanol–water partition coefficient (Wildman–Crippen LogP) is 1.77. The average Bonchev–Trinajstić information content (AvgIpc) is 2.45. The number of nitriles is 1. The van der Waals surface area contributed by atoms with E-state index in [1.54, 1.807) is 12.1 Å². The SMILES string of the molecule is N#C/C(=C/Nc1ccccc1[N+](=O)[O-])C(=O)NCCCl. The molecule has 104 valence electrons. The van der Waals surface area contributed by atoms with E-state index in [-0.39, 0.29) is 29.4 Å². The Morgan fingerprint density at radius 3 is 2.80 bits per heavy atom. The Bertz CT molecular complexity index is 580. The summed E-state index contributed by atoms with van der Waals surface area (Å²) in [5.41, 5.74) is -0.161. The number of hydrogen-bond acceptors (Lipinski definition) is 5. The van der Waals surface area contributed by atoms with E-state index in [1.165, 1.54) is 18.2 Å². The second-order valence-corrected chi connectivity index (χ2v) is 3.91. The van der Waals surface area contributed by atoms with E-state index in [9.17, 15) is 14.9 Å². The van der Waals surface area contributed by atoms with Crippen molar-refractivity contribution in [1.29, 1.82) is 5.26 Å². The second-order valence-electron chi connectivity index (χ2n) is 3.53. The van der Waals surface area contributed by atoms with Crippen molar-refractivity contribution in [2.75, 3.05) is 17.7 Å². The number of nitrogens with one attached hydrogen (secondary N) is 2.